The molecule has 0 saturated heterocycles. The third-order valence-corrected chi connectivity index (χ3v) is 4.07. The smallest absolute Gasteiger partial charge is 0.212 e. The van der Waals surface area contributed by atoms with Crippen LogP contribution in [0.1, 0.15) is 24.5 Å². The van der Waals surface area contributed by atoms with E-state index in [2.05, 4.69) is 30.4 Å². The number of pyridine rings is 1. The van der Waals surface area contributed by atoms with Crippen molar-refractivity contribution in [1.82, 2.24) is 29.5 Å². The predicted molar refractivity (Wildman–Crippen MR) is 85.0 cm³/mol. The zero-order valence-electron chi connectivity index (χ0n) is 12.1. The average molecular weight is 311 g/mol. The van der Waals surface area contributed by atoms with Crippen LogP contribution in [0.4, 0.5) is 5.82 Å². The van der Waals surface area contributed by atoms with Crippen molar-refractivity contribution in [3.8, 4) is 0 Å². The van der Waals surface area contributed by atoms with Gasteiger partial charge >= 0.3 is 0 Å². The number of aromatic nitrogens is 6. The Hall–Kier alpha value is -2.61. The molecule has 0 bridgehead atoms. The van der Waals surface area contributed by atoms with Crippen molar-refractivity contribution in [1.29, 1.82) is 0 Å². The van der Waals surface area contributed by atoms with Crippen molar-refractivity contribution in [3.05, 3.63) is 41.6 Å². The summed E-state index contributed by atoms with van der Waals surface area (Å²) in [5.41, 5.74) is 3.39. The molecule has 0 spiro atoms. The van der Waals surface area contributed by atoms with Crippen LogP contribution in [0.25, 0.3) is 16.0 Å². The maximum absolute atomic E-state index is 4.57. The number of aryl methyl sites for hydroxylation is 1. The molecule has 4 aromatic rings. The highest BCUT2D eigenvalue weighted by Gasteiger charge is 2.14. The topological polar surface area (TPSA) is 80.9 Å². The number of hydrogen-bond acceptors (Lipinski definition) is 7. The third kappa shape index (κ3) is 2.17. The van der Waals surface area contributed by atoms with Gasteiger partial charge in [0.25, 0.3) is 0 Å². The van der Waals surface area contributed by atoms with Crippen LogP contribution in [0.15, 0.2) is 30.0 Å². The van der Waals surface area contributed by atoms with E-state index in [0.717, 1.165) is 21.9 Å². The molecule has 0 radical (unpaired) electrons. The first-order chi connectivity index (χ1) is 10.7. The molecule has 110 valence electrons. The van der Waals surface area contributed by atoms with Gasteiger partial charge in [-0.1, -0.05) is 11.3 Å². The Morgan fingerprint density at radius 1 is 1.27 bits per heavy atom. The Bertz CT molecular complexity index is 930. The standard InChI is InChI=1S/C14H13N7S/c1-8(11-6-21-14(20-11)22-7-16-21)17-13-10-4-3-5-15-12(10)18-9(2)19-13/h3-8H,1-2H3,(H,15,17,18,19)/t8-/m0/s1. The van der Waals surface area contributed by atoms with E-state index in [0.29, 0.717) is 11.5 Å². The van der Waals surface area contributed by atoms with Crippen LogP contribution >= 0.6 is 11.3 Å². The molecule has 4 heterocycles. The molecular formula is C14H13N7S. The fourth-order valence-electron chi connectivity index (χ4n) is 2.32. The highest BCUT2D eigenvalue weighted by atomic mass is 32.1. The summed E-state index contributed by atoms with van der Waals surface area (Å²) in [6, 6.07) is 3.85. The predicted octanol–water partition coefficient (Wildman–Crippen LogP) is 2.61. The van der Waals surface area contributed by atoms with Crippen molar-refractivity contribution in [2.24, 2.45) is 0 Å². The number of nitrogens with one attached hydrogen (secondary N) is 1. The Kier molecular flexibility index (Phi) is 2.97. The third-order valence-electron chi connectivity index (χ3n) is 3.38. The molecule has 4 aromatic heterocycles. The number of anilines is 1. The lowest BCUT2D eigenvalue weighted by molar-refractivity contribution is 0.837. The molecule has 7 nitrogen and oxygen atoms in total. The lowest BCUT2D eigenvalue weighted by Crippen LogP contribution is -2.10. The summed E-state index contributed by atoms with van der Waals surface area (Å²) in [7, 11) is 0. The first-order valence-corrected chi connectivity index (χ1v) is 7.73. The molecule has 1 N–H and O–H groups in total. The summed E-state index contributed by atoms with van der Waals surface area (Å²) in [5.74, 6) is 1.46. The lowest BCUT2D eigenvalue weighted by Gasteiger charge is -2.14. The summed E-state index contributed by atoms with van der Waals surface area (Å²) in [6.45, 7) is 3.91. The molecule has 0 aliphatic rings. The highest BCUT2D eigenvalue weighted by Crippen LogP contribution is 2.24. The first-order valence-electron chi connectivity index (χ1n) is 6.85. The SMILES string of the molecule is Cc1nc(N[C@@H](C)c2cn3ncsc3n2)c2cccnc2n1. The van der Waals surface area contributed by atoms with Gasteiger partial charge in [0, 0.05) is 6.20 Å². The van der Waals surface area contributed by atoms with E-state index in [-0.39, 0.29) is 6.04 Å². The van der Waals surface area contributed by atoms with Crippen LogP contribution in [0.2, 0.25) is 0 Å². The molecule has 4 rings (SSSR count). The van der Waals surface area contributed by atoms with E-state index in [4.69, 9.17) is 0 Å². The second kappa shape index (κ2) is 4.99. The average Bonchev–Trinajstić information content (AvgIpc) is 3.08. The van der Waals surface area contributed by atoms with Gasteiger partial charge in [0.15, 0.2) is 5.65 Å². The van der Waals surface area contributed by atoms with Gasteiger partial charge in [-0.2, -0.15) is 5.10 Å². The summed E-state index contributed by atoms with van der Waals surface area (Å²) >= 11 is 1.51. The minimum atomic E-state index is 0.00612. The van der Waals surface area contributed by atoms with Crippen molar-refractivity contribution in [2.75, 3.05) is 5.32 Å². The van der Waals surface area contributed by atoms with E-state index in [1.54, 1.807) is 16.2 Å². The largest absolute Gasteiger partial charge is 0.361 e. The van der Waals surface area contributed by atoms with Crippen LogP contribution in [0.3, 0.4) is 0 Å². The van der Waals surface area contributed by atoms with E-state index >= 15 is 0 Å². The van der Waals surface area contributed by atoms with E-state index in [1.165, 1.54) is 11.3 Å². The fourth-order valence-corrected chi connectivity index (χ4v) is 2.93. The van der Waals surface area contributed by atoms with Crippen molar-refractivity contribution < 1.29 is 0 Å². The lowest BCUT2D eigenvalue weighted by atomic mass is 10.2. The Labute approximate surface area is 130 Å². The Morgan fingerprint density at radius 2 is 2.18 bits per heavy atom. The maximum Gasteiger partial charge on any atom is 0.212 e. The zero-order valence-corrected chi connectivity index (χ0v) is 12.9. The number of hydrogen-bond donors (Lipinski definition) is 1. The normalized spacial score (nSPS) is 12.8. The molecule has 8 heteroatoms. The molecule has 0 aromatic carbocycles. The number of fused-ring (bicyclic) bond motifs is 2. The number of imidazole rings is 1. The molecule has 0 fully saturated rings. The molecule has 1 atom stereocenters. The monoisotopic (exact) mass is 311 g/mol. The van der Waals surface area contributed by atoms with Crippen molar-refractivity contribution in [2.45, 2.75) is 19.9 Å². The fraction of sp³-hybridized carbons (Fsp3) is 0.214. The summed E-state index contributed by atoms with van der Waals surface area (Å²) < 4.78 is 1.78. The summed E-state index contributed by atoms with van der Waals surface area (Å²) in [5, 5.41) is 8.51. The molecule has 22 heavy (non-hydrogen) atoms. The van der Waals surface area contributed by atoms with Crippen LogP contribution in [0.5, 0.6) is 0 Å². The van der Waals surface area contributed by atoms with E-state index in [9.17, 15) is 0 Å². The zero-order chi connectivity index (χ0) is 15.1. The quantitative estimate of drug-likeness (QED) is 0.626. The van der Waals surface area contributed by atoms with Gasteiger partial charge in [-0.15, -0.1) is 0 Å². The van der Waals surface area contributed by atoms with Gasteiger partial charge in [-0.05, 0) is 26.0 Å². The molecular weight excluding hydrogens is 298 g/mol. The summed E-state index contributed by atoms with van der Waals surface area (Å²) in [4.78, 5) is 18.6. The second-order valence-corrected chi connectivity index (χ2v) is 5.80. The number of nitrogens with zero attached hydrogens (tertiary/aromatic N) is 6. The van der Waals surface area contributed by atoms with E-state index < -0.39 is 0 Å². The van der Waals surface area contributed by atoms with Crippen LogP contribution < -0.4 is 5.32 Å². The Morgan fingerprint density at radius 3 is 3.05 bits per heavy atom. The second-order valence-electron chi connectivity index (χ2n) is 4.99. The molecule has 0 aliphatic carbocycles. The van der Waals surface area contributed by atoms with Crippen LogP contribution in [-0.4, -0.2) is 29.5 Å². The maximum atomic E-state index is 4.57. The summed E-state index contributed by atoms with van der Waals surface area (Å²) in [6.07, 6.45) is 3.66. The highest BCUT2D eigenvalue weighted by molar-refractivity contribution is 7.14. The van der Waals surface area contributed by atoms with Gasteiger partial charge < -0.3 is 5.32 Å². The van der Waals surface area contributed by atoms with Crippen LogP contribution in [-0.2, 0) is 0 Å². The minimum absolute atomic E-state index is 0.00612. The van der Waals surface area contributed by atoms with E-state index in [1.807, 2.05) is 32.2 Å². The molecule has 0 unspecified atom stereocenters. The van der Waals surface area contributed by atoms with Crippen molar-refractivity contribution in [3.63, 3.8) is 0 Å². The number of rotatable bonds is 3. The molecule has 0 saturated carbocycles. The first kappa shape index (κ1) is 13.1. The minimum Gasteiger partial charge on any atom is -0.361 e. The van der Waals surface area contributed by atoms with Gasteiger partial charge in [-0.25, -0.2) is 24.5 Å². The van der Waals surface area contributed by atoms with Gasteiger partial charge in [0.2, 0.25) is 4.96 Å². The van der Waals surface area contributed by atoms with Crippen molar-refractivity contribution >= 4 is 33.1 Å². The van der Waals surface area contributed by atoms with Gasteiger partial charge in [0.05, 0.1) is 23.3 Å². The molecule has 0 aliphatic heterocycles. The van der Waals surface area contributed by atoms with Gasteiger partial charge in [0.1, 0.15) is 17.2 Å². The van der Waals surface area contributed by atoms with Crippen LogP contribution in [0, 0.1) is 6.92 Å². The Balaban J connectivity index is 1.72. The van der Waals surface area contributed by atoms with Gasteiger partial charge in [-0.3, -0.25) is 0 Å². The molecule has 0 amide bonds.